The molecule has 0 spiro atoms. The van der Waals surface area contributed by atoms with Crippen molar-refractivity contribution in [3.8, 4) is 0 Å². The van der Waals surface area contributed by atoms with Crippen LogP contribution in [0.1, 0.15) is 13.3 Å². The second-order valence-electron chi connectivity index (χ2n) is 4.52. The first-order chi connectivity index (χ1) is 9.54. The van der Waals surface area contributed by atoms with E-state index in [1.54, 1.807) is 4.90 Å². The van der Waals surface area contributed by atoms with E-state index in [-0.39, 0.29) is 23.2 Å². The number of nitrogens with one attached hydrogen (secondary N) is 1. The number of carbonyl (C=O) groups excluding carboxylic acids is 1. The molecule has 0 saturated carbocycles. The third-order valence-corrected chi connectivity index (χ3v) is 3.22. The smallest absolute Gasteiger partial charge is 0.353 e. The average molecular weight is 280 g/mol. The predicted molar refractivity (Wildman–Crippen MR) is 72.4 cm³/mol. The van der Waals surface area contributed by atoms with Crippen molar-refractivity contribution in [3.63, 3.8) is 0 Å². The Morgan fingerprint density at radius 3 is 2.95 bits per heavy atom. The quantitative estimate of drug-likeness (QED) is 0.579. The fourth-order valence-electron chi connectivity index (χ4n) is 2.25. The molecule has 1 aromatic rings. The number of anilines is 2. The lowest BCUT2D eigenvalue weighted by Gasteiger charge is -2.17. The Labute approximate surface area is 115 Å². The summed E-state index contributed by atoms with van der Waals surface area (Å²) in [4.78, 5) is 31.5. The number of nitrogens with two attached hydrogens (primary N) is 1. The fourth-order valence-corrected chi connectivity index (χ4v) is 2.25. The second-order valence-corrected chi connectivity index (χ2v) is 4.52. The van der Waals surface area contributed by atoms with E-state index in [0.29, 0.717) is 26.1 Å². The van der Waals surface area contributed by atoms with E-state index in [4.69, 9.17) is 5.73 Å². The predicted octanol–water partition coefficient (Wildman–Crippen LogP) is 0.128. The minimum Gasteiger partial charge on any atom is -0.369 e. The molecule has 20 heavy (non-hydrogen) atoms. The highest BCUT2D eigenvalue weighted by Crippen LogP contribution is 2.34. The van der Waals surface area contributed by atoms with Gasteiger partial charge in [0.25, 0.3) is 0 Å². The molecular weight excluding hydrogens is 264 g/mol. The lowest BCUT2D eigenvalue weighted by atomic mass is 10.1. The first kappa shape index (κ1) is 14.0. The molecule has 1 aliphatic rings. The van der Waals surface area contributed by atoms with Crippen molar-refractivity contribution in [2.75, 3.05) is 29.9 Å². The highest BCUT2D eigenvalue weighted by atomic mass is 16.6. The molecule has 0 aliphatic carbocycles. The Morgan fingerprint density at radius 2 is 2.40 bits per heavy atom. The van der Waals surface area contributed by atoms with Crippen LogP contribution in [-0.4, -0.2) is 40.4 Å². The number of rotatable bonds is 5. The number of carbonyl (C=O) groups is 1. The van der Waals surface area contributed by atoms with Crippen LogP contribution < -0.4 is 16.0 Å². The summed E-state index contributed by atoms with van der Waals surface area (Å²) in [6.07, 6.45) is 1.85. The Kier molecular flexibility index (Phi) is 3.97. The topological polar surface area (TPSA) is 127 Å². The number of aromatic nitrogens is 2. The monoisotopic (exact) mass is 280 g/mol. The molecular formula is C11H16N6O3. The molecule has 0 aromatic carbocycles. The van der Waals surface area contributed by atoms with E-state index in [0.717, 1.165) is 0 Å². The number of primary amides is 1. The van der Waals surface area contributed by atoms with Crippen LogP contribution in [0.15, 0.2) is 6.33 Å². The van der Waals surface area contributed by atoms with E-state index in [9.17, 15) is 14.9 Å². The molecule has 2 heterocycles. The second kappa shape index (κ2) is 5.68. The van der Waals surface area contributed by atoms with Crippen molar-refractivity contribution in [2.24, 2.45) is 11.7 Å². The molecule has 0 radical (unpaired) electrons. The van der Waals surface area contributed by atoms with Gasteiger partial charge in [-0.25, -0.2) is 9.97 Å². The molecule has 3 N–H and O–H groups in total. The lowest BCUT2D eigenvalue weighted by Crippen LogP contribution is -2.28. The molecule has 0 bridgehead atoms. The molecule has 1 fully saturated rings. The zero-order valence-corrected chi connectivity index (χ0v) is 11.1. The molecule has 1 aliphatic heterocycles. The molecule has 1 aromatic heterocycles. The van der Waals surface area contributed by atoms with Crippen LogP contribution >= 0.6 is 0 Å². The summed E-state index contributed by atoms with van der Waals surface area (Å²) in [6.45, 7) is 3.20. The van der Waals surface area contributed by atoms with E-state index in [2.05, 4.69) is 15.3 Å². The van der Waals surface area contributed by atoms with E-state index < -0.39 is 10.8 Å². The summed E-state index contributed by atoms with van der Waals surface area (Å²) < 4.78 is 0. The summed E-state index contributed by atoms with van der Waals surface area (Å²) in [7, 11) is 0. The van der Waals surface area contributed by atoms with Crippen molar-refractivity contribution in [1.82, 2.24) is 9.97 Å². The zero-order valence-electron chi connectivity index (χ0n) is 11.1. The van der Waals surface area contributed by atoms with Gasteiger partial charge in [0, 0.05) is 19.6 Å². The summed E-state index contributed by atoms with van der Waals surface area (Å²) >= 11 is 0. The maximum absolute atomic E-state index is 11.3. The maximum atomic E-state index is 11.3. The highest BCUT2D eigenvalue weighted by molar-refractivity contribution is 5.79. The number of amides is 1. The van der Waals surface area contributed by atoms with Crippen LogP contribution in [0.3, 0.4) is 0 Å². The fraction of sp³-hybridized carbons (Fsp3) is 0.545. The molecule has 2 rings (SSSR count). The summed E-state index contributed by atoms with van der Waals surface area (Å²) in [5, 5.41) is 14.1. The Balaban J connectivity index is 2.34. The highest BCUT2D eigenvalue weighted by Gasteiger charge is 2.33. The summed E-state index contributed by atoms with van der Waals surface area (Å²) in [6, 6.07) is 0. The molecule has 9 nitrogen and oxygen atoms in total. The van der Waals surface area contributed by atoms with E-state index >= 15 is 0 Å². The number of hydrogen-bond donors (Lipinski definition) is 2. The van der Waals surface area contributed by atoms with Crippen molar-refractivity contribution < 1.29 is 9.72 Å². The van der Waals surface area contributed by atoms with Crippen LogP contribution in [0.25, 0.3) is 0 Å². The summed E-state index contributed by atoms with van der Waals surface area (Å²) in [5.41, 5.74) is 5.10. The first-order valence-electron chi connectivity index (χ1n) is 6.32. The third-order valence-electron chi connectivity index (χ3n) is 3.22. The normalized spacial score (nSPS) is 18.1. The number of hydrogen-bond acceptors (Lipinski definition) is 7. The third kappa shape index (κ3) is 2.60. The Morgan fingerprint density at radius 1 is 1.65 bits per heavy atom. The number of nitrogens with zero attached hydrogens (tertiary/aromatic N) is 4. The van der Waals surface area contributed by atoms with Gasteiger partial charge < -0.3 is 16.0 Å². The standard InChI is InChI=1S/C11H16N6O3/c1-2-13-10-8(17(19)20)11(15-6-14-10)16-4-3-7(5-16)9(12)18/h6-7H,2-5H2,1H3,(H2,12,18)(H,13,14,15). The van der Waals surface area contributed by atoms with Crippen molar-refractivity contribution in [2.45, 2.75) is 13.3 Å². The van der Waals surface area contributed by atoms with Gasteiger partial charge in [-0.15, -0.1) is 0 Å². The lowest BCUT2D eigenvalue weighted by molar-refractivity contribution is -0.383. The molecule has 9 heteroatoms. The van der Waals surface area contributed by atoms with E-state index in [1.165, 1.54) is 6.33 Å². The van der Waals surface area contributed by atoms with Gasteiger partial charge in [-0.1, -0.05) is 0 Å². The first-order valence-corrected chi connectivity index (χ1v) is 6.32. The SMILES string of the molecule is CCNc1ncnc(N2CCC(C(N)=O)C2)c1[N+](=O)[O-]. The van der Waals surface area contributed by atoms with Gasteiger partial charge in [0.15, 0.2) is 0 Å². The maximum Gasteiger partial charge on any atom is 0.353 e. The Hall–Kier alpha value is -2.45. The van der Waals surface area contributed by atoms with Crippen LogP contribution in [0.5, 0.6) is 0 Å². The number of nitro groups is 1. The van der Waals surface area contributed by atoms with Gasteiger partial charge in [-0.05, 0) is 13.3 Å². The van der Waals surface area contributed by atoms with Gasteiger partial charge >= 0.3 is 5.69 Å². The minimum absolute atomic E-state index is 0.167. The molecule has 108 valence electrons. The van der Waals surface area contributed by atoms with Crippen LogP contribution in [0, 0.1) is 16.0 Å². The van der Waals surface area contributed by atoms with Gasteiger partial charge in [0.05, 0.1) is 10.8 Å². The zero-order chi connectivity index (χ0) is 14.7. The van der Waals surface area contributed by atoms with Crippen LogP contribution in [0.2, 0.25) is 0 Å². The van der Waals surface area contributed by atoms with Crippen LogP contribution in [-0.2, 0) is 4.79 Å². The largest absolute Gasteiger partial charge is 0.369 e. The van der Waals surface area contributed by atoms with Gasteiger partial charge in [0.1, 0.15) is 6.33 Å². The molecule has 1 atom stereocenters. The molecule has 1 saturated heterocycles. The molecule has 1 unspecified atom stereocenters. The van der Waals surface area contributed by atoms with Gasteiger partial charge in [-0.3, -0.25) is 14.9 Å². The van der Waals surface area contributed by atoms with Crippen LogP contribution in [0.4, 0.5) is 17.3 Å². The minimum atomic E-state index is -0.509. The van der Waals surface area contributed by atoms with Gasteiger partial charge in [-0.2, -0.15) is 0 Å². The van der Waals surface area contributed by atoms with Crippen molar-refractivity contribution in [1.29, 1.82) is 0 Å². The molecule has 1 amide bonds. The van der Waals surface area contributed by atoms with Crippen molar-refractivity contribution >= 4 is 23.2 Å². The Bertz CT molecular complexity index is 535. The van der Waals surface area contributed by atoms with Crippen molar-refractivity contribution in [3.05, 3.63) is 16.4 Å². The van der Waals surface area contributed by atoms with Gasteiger partial charge in [0.2, 0.25) is 17.5 Å². The average Bonchev–Trinajstić information content (AvgIpc) is 2.88. The van der Waals surface area contributed by atoms with E-state index in [1.807, 2.05) is 6.92 Å². The summed E-state index contributed by atoms with van der Waals surface area (Å²) in [5.74, 6) is -0.280.